The van der Waals surface area contributed by atoms with Gasteiger partial charge in [0.15, 0.2) is 5.82 Å². The molecule has 3 aromatic rings. The number of carbonyl (C=O) groups excluding carboxylic acids is 1. The molecule has 1 unspecified atom stereocenters. The Morgan fingerprint density at radius 2 is 1.93 bits per heavy atom. The fraction of sp³-hybridized carbons (Fsp3) is 0.250. The summed E-state index contributed by atoms with van der Waals surface area (Å²) in [5, 5.41) is 20.4. The number of hydrogen-bond acceptors (Lipinski definition) is 6. The minimum atomic E-state index is -0.210. The predicted octanol–water partition coefficient (Wildman–Crippen LogP) is 1.89. The van der Waals surface area contributed by atoms with Gasteiger partial charge >= 0.3 is 0 Å². The first-order chi connectivity index (χ1) is 13.2. The number of para-hydroxylation sites is 2. The molecule has 0 saturated carbocycles. The largest absolute Gasteiger partial charge is 0.507 e. The zero-order valence-electron chi connectivity index (χ0n) is 14.9. The number of amides is 1. The number of carbonyl (C=O) groups is 1. The summed E-state index contributed by atoms with van der Waals surface area (Å²) in [5.41, 5.74) is 1.38. The third kappa shape index (κ3) is 3.41. The molecule has 4 rings (SSSR count). The number of rotatable bonds is 4. The molecule has 1 aliphatic heterocycles. The Bertz CT molecular complexity index is 991. The molecule has 138 valence electrons. The Kier molecular flexibility index (Phi) is 4.60. The molecule has 0 spiro atoms. The van der Waals surface area contributed by atoms with Crippen LogP contribution in [-0.4, -0.2) is 46.7 Å². The van der Waals surface area contributed by atoms with E-state index in [-0.39, 0.29) is 23.7 Å². The van der Waals surface area contributed by atoms with Crippen LogP contribution < -0.4 is 16.0 Å². The molecule has 2 atom stereocenters. The van der Waals surface area contributed by atoms with Gasteiger partial charge in [-0.25, -0.2) is 9.97 Å². The molecule has 1 fully saturated rings. The topological polar surface area (TPSA) is 99.2 Å². The van der Waals surface area contributed by atoms with E-state index in [1.165, 1.54) is 0 Å². The third-order valence-corrected chi connectivity index (χ3v) is 4.78. The van der Waals surface area contributed by atoms with Crippen LogP contribution in [0, 0.1) is 0 Å². The fourth-order valence-corrected chi connectivity index (χ4v) is 3.38. The van der Waals surface area contributed by atoms with Gasteiger partial charge in [-0.05, 0) is 30.7 Å². The summed E-state index contributed by atoms with van der Waals surface area (Å²) >= 11 is 0. The van der Waals surface area contributed by atoms with Crippen LogP contribution in [0.3, 0.4) is 0 Å². The van der Waals surface area contributed by atoms with Crippen molar-refractivity contribution in [1.82, 2.24) is 20.6 Å². The number of fused-ring (bicyclic) bond motifs is 1. The standard InChI is InChI=1S/C20H21N5O2/c1-21-20(27)16-10-12(11-22-16)23-18-13-6-2-4-8-15(13)24-19(25-18)14-7-3-5-9-17(14)26/h2-9,12,16,22,26H,10-11H2,1H3,(H,21,27)(H,23,24,25)/t12?,16-/m1/s1. The molecule has 0 bridgehead atoms. The smallest absolute Gasteiger partial charge is 0.236 e. The molecule has 1 aliphatic rings. The van der Waals surface area contributed by atoms with Gasteiger partial charge in [0.05, 0.1) is 17.1 Å². The van der Waals surface area contributed by atoms with Crippen molar-refractivity contribution >= 4 is 22.6 Å². The normalized spacial score (nSPS) is 19.1. The van der Waals surface area contributed by atoms with E-state index in [9.17, 15) is 9.90 Å². The summed E-state index contributed by atoms with van der Waals surface area (Å²) in [4.78, 5) is 21.1. The van der Waals surface area contributed by atoms with Crippen LogP contribution in [0.5, 0.6) is 5.75 Å². The average molecular weight is 363 g/mol. The van der Waals surface area contributed by atoms with E-state index in [0.29, 0.717) is 30.2 Å². The van der Waals surface area contributed by atoms with E-state index in [0.717, 1.165) is 10.9 Å². The highest BCUT2D eigenvalue weighted by atomic mass is 16.3. The zero-order valence-corrected chi connectivity index (χ0v) is 14.9. The number of nitrogens with one attached hydrogen (secondary N) is 3. The first-order valence-corrected chi connectivity index (χ1v) is 8.92. The second kappa shape index (κ2) is 7.20. The molecule has 0 aliphatic carbocycles. The summed E-state index contributed by atoms with van der Waals surface area (Å²) in [6.07, 6.45) is 0.671. The first-order valence-electron chi connectivity index (χ1n) is 8.92. The minimum Gasteiger partial charge on any atom is -0.507 e. The van der Waals surface area contributed by atoms with Gasteiger partial charge in [0.25, 0.3) is 0 Å². The summed E-state index contributed by atoms with van der Waals surface area (Å²) in [7, 11) is 1.64. The summed E-state index contributed by atoms with van der Waals surface area (Å²) in [5.74, 6) is 1.29. The maximum atomic E-state index is 11.8. The van der Waals surface area contributed by atoms with E-state index in [2.05, 4.69) is 25.9 Å². The van der Waals surface area contributed by atoms with Crippen LogP contribution in [0.2, 0.25) is 0 Å². The van der Waals surface area contributed by atoms with Gasteiger partial charge < -0.3 is 21.1 Å². The van der Waals surface area contributed by atoms with Gasteiger partial charge in [-0.15, -0.1) is 0 Å². The lowest BCUT2D eigenvalue weighted by molar-refractivity contribution is -0.122. The SMILES string of the molecule is CNC(=O)[C@H]1CC(Nc2nc(-c3ccccc3O)nc3ccccc23)CN1. The molecule has 1 aromatic heterocycles. The van der Waals surface area contributed by atoms with Crippen molar-refractivity contribution in [1.29, 1.82) is 0 Å². The average Bonchev–Trinajstić information content (AvgIpc) is 3.16. The first kappa shape index (κ1) is 17.2. The lowest BCUT2D eigenvalue weighted by atomic mass is 10.1. The highest BCUT2D eigenvalue weighted by Gasteiger charge is 2.29. The molecular formula is C20H21N5O2. The van der Waals surface area contributed by atoms with Crippen LogP contribution in [0.25, 0.3) is 22.3 Å². The molecule has 1 amide bonds. The summed E-state index contributed by atoms with van der Waals surface area (Å²) in [6, 6.07) is 14.6. The van der Waals surface area contributed by atoms with Crippen molar-refractivity contribution in [2.24, 2.45) is 0 Å². The quantitative estimate of drug-likeness (QED) is 0.565. The predicted molar refractivity (Wildman–Crippen MR) is 105 cm³/mol. The second-order valence-electron chi connectivity index (χ2n) is 6.58. The van der Waals surface area contributed by atoms with Crippen LogP contribution in [0.15, 0.2) is 48.5 Å². The molecule has 7 heteroatoms. The monoisotopic (exact) mass is 363 g/mol. The molecule has 2 aromatic carbocycles. The number of phenols is 1. The third-order valence-electron chi connectivity index (χ3n) is 4.78. The van der Waals surface area contributed by atoms with Gasteiger partial charge in [0.1, 0.15) is 11.6 Å². The molecular weight excluding hydrogens is 342 g/mol. The summed E-state index contributed by atoms with van der Waals surface area (Å²) in [6.45, 7) is 0.669. The molecule has 4 N–H and O–H groups in total. The van der Waals surface area contributed by atoms with Gasteiger partial charge in [-0.3, -0.25) is 4.79 Å². The molecule has 7 nitrogen and oxygen atoms in total. The number of benzene rings is 2. The van der Waals surface area contributed by atoms with Crippen LogP contribution in [0.1, 0.15) is 6.42 Å². The van der Waals surface area contributed by atoms with Gasteiger partial charge in [0, 0.05) is 25.0 Å². The van der Waals surface area contributed by atoms with Crippen molar-refractivity contribution in [3.8, 4) is 17.1 Å². The highest BCUT2D eigenvalue weighted by Crippen LogP contribution is 2.30. The number of aromatic nitrogens is 2. The Morgan fingerprint density at radius 3 is 2.74 bits per heavy atom. The Balaban J connectivity index is 1.70. The zero-order chi connectivity index (χ0) is 18.8. The van der Waals surface area contributed by atoms with Crippen LogP contribution >= 0.6 is 0 Å². The van der Waals surface area contributed by atoms with Gasteiger partial charge in [0.2, 0.25) is 5.91 Å². The number of nitrogens with zero attached hydrogens (tertiary/aromatic N) is 2. The van der Waals surface area contributed by atoms with E-state index in [1.54, 1.807) is 25.2 Å². The van der Waals surface area contributed by atoms with Crippen LogP contribution in [-0.2, 0) is 4.79 Å². The van der Waals surface area contributed by atoms with E-state index >= 15 is 0 Å². The maximum absolute atomic E-state index is 11.8. The molecule has 0 radical (unpaired) electrons. The van der Waals surface area contributed by atoms with Gasteiger partial charge in [-0.1, -0.05) is 24.3 Å². The lowest BCUT2D eigenvalue weighted by Gasteiger charge is -2.16. The number of likely N-dealkylation sites (N-methyl/N-ethyl adjacent to an activating group) is 1. The lowest BCUT2D eigenvalue weighted by Crippen LogP contribution is -2.38. The second-order valence-corrected chi connectivity index (χ2v) is 6.58. The molecule has 1 saturated heterocycles. The Hall–Kier alpha value is -3.19. The van der Waals surface area contributed by atoms with E-state index in [1.807, 2.05) is 30.3 Å². The number of anilines is 1. The van der Waals surface area contributed by atoms with Crippen molar-refractivity contribution in [2.45, 2.75) is 18.5 Å². The van der Waals surface area contributed by atoms with Gasteiger partial charge in [-0.2, -0.15) is 0 Å². The van der Waals surface area contributed by atoms with E-state index in [4.69, 9.17) is 0 Å². The number of hydrogen-bond donors (Lipinski definition) is 4. The van der Waals surface area contributed by atoms with E-state index < -0.39 is 0 Å². The van der Waals surface area contributed by atoms with Crippen LogP contribution in [0.4, 0.5) is 5.82 Å². The fourth-order valence-electron chi connectivity index (χ4n) is 3.38. The van der Waals surface area contributed by atoms with Crippen molar-refractivity contribution < 1.29 is 9.90 Å². The Labute approximate surface area is 156 Å². The highest BCUT2D eigenvalue weighted by molar-refractivity contribution is 5.91. The molecule has 2 heterocycles. The number of phenolic OH excluding ortho intramolecular Hbond substituents is 1. The van der Waals surface area contributed by atoms with Crippen molar-refractivity contribution in [3.05, 3.63) is 48.5 Å². The maximum Gasteiger partial charge on any atom is 0.236 e. The molecule has 27 heavy (non-hydrogen) atoms. The Morgan fingerprint density at radius 1 is 1.15 bits per heavy atom. The van der Waals surface area contributed by atoms with Crippen molar-refractivity contribution in [2.75, 3.05) is 18.9 Å². The van der Waals surface area contributed by atoms with Crippen molar-refractivity contribution in [3.63, 3.8) is 0 Å². The summed E-state index contributed by atoms with van der Waals surface area (Å²) < 4.78 is 0. The number of aromatic hydroxyl groups is 1. The minimum absolute atomic E-state index is 0.0123.